The summed E-state index contributed by atoms with van der Waals surface area (Å²) in [7, 11) is 0. The van der Waals surface area contributed by atoms with E-state index in [-0.39, 0.29) is 17.7 Å². The van der Waals surface area contributed by atoms with Crippen molar-refractivity contribution >= 4 is 28.5 Å². The van der Waals surface area contributed by atoms with Crippen LogP contribution in [-0.4, -0.2) is 34.4 Å². The summed E-state index contributed by atoms with van der Waals surface area (Å²) in [6.07, 6.45) is 1.23. The third-order valence-electron chi connectivity index (χ3n) is 3.99. The molecule has 3 rings (SSSR count). The Morgan fingerprint density at radius 2 is 2.30 bits per heavy atom. The third kappa shape index (κ3) is 2.52. The molecule has 0 N–H and O–H groups in total. The van der Waals surface area contributed by atoms with Gasteiger partial charge in [0.15, 0.2) is 5.58 Å². The highest BCUT2D eigenvalue weighted by atomic mass is 35.5. The van der Waals surface area contributed by atoms with E-state index in [1.165, 1.54) is 0 Å². The lowest BCUT2D eigenvalue weighted by Gasteiger charge is -2.33. The zero-order chi connectivity index (χ0) is 14.1. The molecule has 0 bridgehead atoms. The number of carbonyl (C=O) groups excluding carboxylic acids is 1. The Kier molecular flexibility index (Phi) is 3.66. The molecule has 2 heterocycles. The van der Waals surface area contributed by atoms with Crippen LogP contribution in [0.15, 0.2) is 28.8 Å². The van der Waals surface area contributed by atoms with Gasteiger partial charge in [-0.05, 0) is 24.5 Å². The summed E-state index contributed by atoms with van der Waals surface area (Å²) < 4.78 is 5.23. The molecule has 0 saturated carbocycles. The highest BCUT2D eigenvalue weighted by molar-refractivity contribution is 6.21. The summed E-state index contributed by atoms with van der Waals surface area (Å²) in [4.78, 5) is 14.2. The second-order valence-electron chi connectivity index (χ2n) is 5.42. The molecule has 1 aliphatic heterocycles. The minimum Gasteiger partial charge on any atom is -0.356 e. The Balaban J connectivity index is 1.73. The Morgan fingerprint density at radius 3 is 3.10 bits per heavy atom. The molecule has 1 aromatic heterocycles. The van der Waals surface area contributed by atoms with Crippen LogP contribution in [0.3, 0.4) is 0 Å². The fourth-order valence-electron chi connectivity index (χ4n) is 2.57. The van der Waals surface area contributed by atoms with Crippen LogP contribution in [0.5, 0.6) is 0 Å². The van der Waals surface area contributed by atoms with Crippen molar-refractivity contribution in [3.05, 3.63) is 30.0 Å². The van der Waals surface area contributed by atoms with E-state index in [1.807, 2.05) is 29.2 Å². The second kappa shape index (κ2) is 5.44. The van der Waals surface area contributed by atoms with Crippen molar-refractivity contribution in [1.82, 2.24) is 10.1 Å². The molecule has 1 aromatic carbocycles. The average molecular weight is 293 g/mol. The van der Waals surface area contributed by atoms with Gasteiger partial charge < -0.3 is 9.42 Å². The number of hydrogen-bond donors (Lipinski definition) is 0. The number of rotatable bonds is 2. The molecular weight excluding hydrogens is 276 g/mol. The first kappa shape index (κ1) is 13.4. The van der Waals surface area contributed by atoms with Gasteiger partial charge in [0.2, 0.25) is 5.91 Å². The monoisotopic (exact) mass is 292 g/mol. The number of fused-ring (bicyclic) bond motifs is 1. The summed E-state index contributed by atoms with van der Waals surface area (Å²) >= 11 is 6.25. The summed E-state index contributed by atoms with van der Waals surface area (Å²) in [5.74, 6) is 0.537. The molecule has 0 radical (unpaired) electrons. The Hall–Kier alpha value is -1.55. The summed E-state index contributed by atoms with van der Waals surface area (Å²) in [6.45, 7) is 3.53. The number of carbonyl (C=O) groups is 1. The molecule has 2 atom stereocenters. The van der Waals surface area contributed by atoms with Crippen LogP contribution >= 0.6 is 11.6 Å². The van der Waals surface area contributed by atoms with Gasteiger partial charge in [-0.25, -0.2) is 0 Å². The van der Waals surface area contributed by atoms with Crippen molar-refractivity contribution < 1.29 is 9.32 Å². The quantitative estimate of drug-likeness (QED) is 0.800. The maximum atomic E-state index is 12.3. The van der Waals surface area contributed by atoms with Crippen LogP contribution in [-0.2, 0) is 11.2 Å². The lowest BCUT2D eigenvalue weighted by atomic mass is 9.98. The number of halogens is 1. The fourth-order valence-corrected chi connectivity index (χ4v) is 2.86. The predicted molar refractivity (Wildman–Crippen MR) is 77.7 cm³/mol. The van der Waals surface area contributed by atoms with Crippen LogP contribution in [0.2, 0.25) is 0 Å². The normalized spacial score (nSPS) is 23.2. The van der Waals surface area contributed by atoms with Gasteiger partial charge in [-0.1, -0.05) is 24.2 Å². The molecule has 0 spiro atoms. The Bertz CT molecular complexity index is 625. The van der Waals surface area contributed by atoms with E-state index < -0.39 is 0 Å². The highest BCUT2D eigenvalue weighted by Gasteiger charge is 2.28. The first-order chi connectivity index (χ1) is 9.65. The standard InChI is InChI=1S/C15H17ClN2O2/c1-10-6-7-18(9-12(10)16)15(19)8-13-11-4-2-3-5-14(11)20-17-13/h2-5,10,12H,6-9H2,1H3. The van der Waals surface area contributed by atoms with Gasteiger partial charge in [-0.15, -0.1) is 11.6 Å². The van der Waals surface area contributed by atoms with E-state index in [2.05, 4.69) is 12.1 Å². The lowest BCUT2D eigenvalue weighted by Crippen LogP contribution is -2.44. The van der Waals surface area contributed by atoms with Crippen LogP contribution in [0.4, 0.5) is 0 Å². The minimum absolute atomic E-state index is 0.0433. The molecule has 106 valence electrons. The molecule has 20 heavy (non-hydrogen) atoms. The number of alkyl halides is 1. The minimum atomic E-state index is 0.0433. The zero-order valence-electron chi connectivity index (χ0n) is 11.4. The van der Waals surface area contributed by atoms with Gasteiger partial charge in [0.05, 0.1) is 11.8 Å². The van der Waals surface area contributed by atoms with Crippen LogP contribution in [0.1, 0.15) is 19.0 Å². The van der Waals surface area contributed by atoms with Crippen molar-refractivity contribution in [2.45, 2.75) is 25.1 Å². The maximum Gasteiger partial charge on any atom is 0.228 e. The average Bonchev–Trinajstić information content (AvgIpc) is 2.85. The van der Waals surface area contributed by atoms with Gasteiger partial charge >= 0.3 is 0 Å². The Labute approximate surface area is 122 Å². The van der Waals surface area contributed by atoms with Gasteiger partial charge in [0.25, 0.3) is 0 Å². The molecule has 1 amide bonds. The molecular formula is C15H17ClN2O2. The van der Waals surface area contributed by atoms with E-state index in [0.717, 1.165) is 23.9 Å². The van der Waals surface area contributed by atoms with E-state index in [0.29, 0.717) is 18.2 Å². The Morgan fingerprint density at radius 1 is 1.50 bits per heavy atom. The molecule has 2 aromatic rings. The SMILES string of the molecule is CC1CCN(C(=O)Cc2noc3ccccc23)CC1Cl. The number of aromatic nitrogens is 1. The maximum absolute atomic E-state index is 12.3. The number of nitrogens with zero attached hydrogens (tertiary/aromatic N) is 2. The van der Waals surface area contributed by atoms with Crippen molar-refractivity contribution in [1.29, 1.82) is 0 Å². The molecule has 5 heteroatoms. The largest absolute Gasteiger partial charge is 0.356 e. The van der Waals surface area contributed by atoms with Crippen molar-refractivity contribution in [2.24, 2.45) is 5.92 Å². The van der Waals surface area contributed by atoms with Crippen LogP contribution < -0.4 is 0 Å². The van der Waals surface area contributed by atoms with Gasteiger partial charge in [0, 0.05) is 18.5 Å². The molecule has 1 fully saturated rings. The molecule has 4 nitrogen and oxygen atoms in total. The van der Waals surface area contributed by atoms with E-state index >= 15 is 0 Å². The number of hydrogen-bond acceptors (Lipinski definition) is 3. The smallest absolute Gasteiger partial charge is 0.228 e. The predicted octanol–water partition coefficient (Wildman–Crippen LogP) is 2.85. The van der Waals surface area contributed by atoms with E-state index in [4.69, 9.17) is 16.1 Å². The first-order valence-electron chi connectivity index (χ1n) is 6.90. The van der Waals surface area contributed by atoms with Crippen molar-refractivity contribution in [2.75, 3.05) is 13.1 Å². The number of benzene rings is 1. The second-order valence-corrected chi connectivity index (χ2v) is 5.98. The molecule has 0 aliphatic carbocycles. The van der Waals surface area contributed by atoms with Gasteiger partial charge in [-0.2, -0.15) is 0 Å². The van der Waals surface area contributed by atoms with Crippen LogP contribution in [0, 0.1) is 5.92 Å². The van der Waals surface area contributed by atoms with Crippen LogP contribution in [0.25, 0.3) is 11.0 Å². The number of piperidine rings is 1. The molecule has 1 saturated heterocycles. The van der Waals surface area contributed by atoms with E-state index in [9.17, 15) is 4.79 Å². The van der Waals surface area contributed by atoms with Crippen molar-refractivity contribution in [3.63, 3.8) is 0 Å². The first-order valence-corrected chi connectivity index (χ1v) is 7.34. The topological polar surface area (TPSA) is 46.3 Å². The third-order valence-corrected chi connectivity index (χ3v) is 4.56. The number of para-hydroxylation sites is 1. The fraction of sp³-hybridized carbons (Fsp3) is 0.467. The highest BCUT2D eigenvalue weighted by Crippen LogP contribution is 2.23. The summed E-state index contributed by atoms with van der Waals surface area (Å²) in [6, 6.07) is 7.60. The van der Waals surface area contributed by atoms with Gasteiger partial charge in [0.1, 0.15) is 5.69 Å². The van der Waals surface area contributed by atoms with Gasteiger partial charge in [-0.3, -0.25) is 4.79 Å². The number of amides is 1. The lowest BCUT2D eigenvalue weighted by molar-refractivity contribution is -0.131. The van der Waals surface area contributed by atoms with Crippen molar-refractivity contribution in [3.8, 4) is 0 Å². The summed E-state index contributed by atoms with van der Waals surface area (Å²) in [5.41, 5.74) is 1.42. The summed E-state index contributed by atoms with van der Waals surface area (Å²) in [5, 5.41) is 4.96. The number of likely N-dealkylation sites (tertiary alicyclic amines) is 1. The zero-order valence-corrected chi connectivity index (χ0v) is 12.1. The van der Waals surface area contributed by atoms with E-state index in [1.54, 1.807) is 0 Å². The molecule has 2 unspecified atom stereocenters. The molecule has 1 aliphatic rings.